The van der Waals surface area contributed by atoms with Gasteiger partial charge in [-0.25, -0.2) is 0 Å². The van der Waals surface area contributed by atoms with Gasteiger partial charge in [-0.15, -0.1) is 10.2 Å². The molecule has 0 saturated heterocycles. The van der Waals surface area contributed by atoms with Crippen LogP contribution in [0, 0.1) is 27.2 Å². The van der Waals surface area contributed by atoms with Gasteiger partial charge < -0.3 is 14.2 Å². The number of aryl methyl sites for hydroxylation is 1. The monoisotopic (exact) mass is 643 g/mol. The summed E-state index contributed by atoms with van der Waals surface area (Å²) >= 11 is 4.72. The van der Waals surface area contributed by atoms with Crippen molar-refractivity contribution in [3.63, 3.8) is 0 Å². The van der Waals surface area contributed by atoms with E-state index < -0.39 is 10.2 Å². The molecule has 0 radical (unpaired) electrons. The van der Waals surface area contributed by atoms with Gasteiger partial charge in [-0.05, 0) is 77.3 Å². The highest BCUT2D eigenvalue weighted by Gasteiger charge is 2.26. The maximum Gasteiger partial charge on any atom is 0.269 e. The van der Waals surface area contributed by atoms with Crippen molar-refractivity contribution in [2.75, 3.05) is 20.3 Å². The number of nitrogens with zero attached hydrogens (tertiary/aromatic N) is 5. The largest absolute Gasteiger partial charge is 0.494 e. The van der Waals surface area contributed by atoms with Crippen LogP contribution in [-0.4, -0.2) is 44.9 Å². The zero-order chi connectivity index (χ0) is 29.5. The van der Waals surface area contributed by atoms with Gasteiger partial charge in [-0.1, -0.05) is 23.9 Å². The van der Waals surface area contributed by atoms with E-state index in [2.05, 4.69) is 26.1 Å². The van der Waals surface area contributed by atoms with Crippen molar-refractivity contribution in [2.24, 2.45) is 0 Å². The Hall–Kier alpha value is -4.17. The number of hydrogen-bond acceptors (Lipinski definition) is 10. The van der Waals surface area contributed by atoms with Crippen LogP contribution >= 0.6 is 27.7 Å². The van der Waals surface area contributed by atoms with Crippen molar-refractivity contribution >= 4 is 33.4 Å². The summed E-state index contributed by atoms with van der Waals surface area (Å²) in [6.07, 6.45) is 0. The molecule has 14 heteroatoms. The Labute approximate surface area is 248 Å². The van der Waals surface area contributed by atoms with Gasteiger partial charge >= 0.3 is 0 Å². The highest BCUT2D eigenvalue weighted by molar-refractivity contribution is 9.10. The van der Waals surface area contributed by atoms with E-state index in [1.54, 1.807) is 24.3 Å². The summed E-state index contributed by atoms with van der Waals surface area (Å²) in [6, 6.07) is 17.0. The molecule has 3 aromatic carbocycles. The van der Waals surface area contributed by atoms with Gasteiger partial charge in [0.25, 0.3) is 5.69 Å². The number of aromatic nitrogens is 3. The number of nitro benzene ring substituents is 1. The fourth-order valence-electron chi connectivity index (χ4n) is 4.03. The fraction of sp³-hybridized carbons (Fsp3) is 0.259. The standard InChI is InChI=1S/C27H26BrN5O7S/c1-4-39-22-10-8-20(9-11-22)32-17(2)29-30-27(32)41-25(15-31(34)35)19-13-23(28)26(24(14-19)38-3)40-16-18-6-5-7-21(12-18)33(36)37/h5-14,25H,4,15-16H2,1-3H3/t25-/m1/s1. The van der Waals surface area contributed by atoms with E-state index in [-0.39, 0.29) is 23.8 Å². The summed E-state index contributed by atoms with van der Waals surface area (Å²) < 4.78 is 19.4. The van der Waals surface area contributed by atoms with Crippen LogP contribution in [0.4, 0.5) is 5.69 Å². The first-order valence-electron chi connectivity index (χ1n) is 12.4. The number of rotatable bonds is 13. The molecule has 4 aromatic rings. The third-order valence-electron chi connectivity index (χ3n) is 5.89. The molecular weight excluding hydrogens is 618 g/mol. The third kappa shape index (κ3) is 7.32. The summed E-state index contributed by atoms with van der Waals surface area (Å²) in [5, 5.41) is 31.1. The zero-order valence-electron chi connectivity index (χ0n) is 22.4. The summed E-state index contributed by atoms with van der Waals surface area (Å²) in [6.45, 7) is 3.93. The van der Waals surface area contributed by atoms with Gasteiger partial charge in [0, 0.05) is 22.7 Å². The Bertz CT molecular complexity index is 1550. The number of nitro groups is 2. The number of ether oxygens (including phenoxy) is 3. The first-order chi connectivity index (χ1) is 19.7. The van der Waals surface area contributed by atoms with Gasteiger partial charge in [-0.2, -0.15) is 0 Å². The van der Waals surface area contributed by atoms with Crippen LogP contribution in [0.3, 0.4) is 0 Å². The van der Waals surface area contributed by atoms with Gasteiger partial charge in [0.05, 0.1) is 23.1 Å². The molecule has 0 aliphatic heterocycles. The molecule has 41 heavy (non-hydrogen) atoms. The van der Waals surface area contributed by atoms with Crippen LogP contribution in [0.15, 0.2) is 70.3 Å². The molecule has 0 aliphatic carbocycles. The highest BCUT2D eigenvalue weighted by atomic mass is 79.9. The van der Waals surface area contributed by atoms with Gasteiger partial charge in [0.2, 0.25) is 6.54 Å². The number of methoxy groups -OCH3 is 1. The van der Waals surface area contributed by atoms with Crippen molar-refractivity contribution in [1.29, 1.82) is 0 Å². The number of hydrogen-bond donors (Lipinski definition) is 0. The quantitative estimate of drug-likeness (QED) is 0.0918. The van der Waals surface area contributed by atoms with E-state index >= 15 is 0 Å². The molecule has 0 amide bonds. The lowest BCUT2D eigenvalue weighted by Crippen LogP contribution is -2.12. The molecule has 0 N–H and O–H groups in total. The van der Waals surface area contributed by atoms with E-state index in [1.165, 1.54) is 31.0 Å². The molecule has 4 rings (SSSR count). The van der Waals surface area contributed by atoms with Gasteiger partial charge in [-0.3, -0.25) is 24.8 Å². The van der Waals surface area contributed by atoms with Crippen LogP contribution < -0.4 is 14.2 Å². The molecule has 0 aliphatic rings. The minimum absolute atomic E-state index is 0.0413. The average molecular weight is 645 g/mol. The molecule has 1 atom stereocenters. The van der Waals surface area contributed by atoms with Crippen LogP contribution in [0.2, 0.25) is 0 Å². The predicted molar refractivity (Wildman–Crippen MR) is 156 cm³/mol. The Morgan fingerprint density at radius 1 is 1.05 bits per heavy atom. The summed E-state index contributed by atoms with van der Waals surface area (Å²) in [5.41, 5.74) is 1.96. The minimum Gasteiger partial charge on any atom is -0.494 e. The Morgan fingerprint density at radius 3 is 2.46 bits per heavy atom. The van der Waals surface area contributed by atoms with E-state index in [1.807, 2.05) is 42.7 Å². The predicted octanol–water partition coefficient (Wildman–Crippen LogP) is 6.34. The molecule has 0 saturated carbocycles. The molecule has 0 bridgehead atoms. The number of halogens is 1. The van der Waals surface area contributed by atoms with Crippen molar-refractivity contribution in [1.82, 2.24) is 14.8 Å². The van der Waals surface area contributed by atoms with Crippen molar-refractivity contribution < 1.29 is 24.1 Å². The second kappa shape index (κ2) is 13.5. The summed E-state index contributed by atoms with van der Waals surface area (Å²) in [7, 11) is 1.47. The first-order valence-corrected chi connectivity index (χ1v) is 14.0. The SMILES string of the molecule is CCOc1ccc(-n2c(C)nnc2S[C@H](C[N+](=O)[O-])c2cc(Br)c(OCc3cccc([N+](=O)[O-])c3)c(OC)c2)cc1. The molecule has 12 nitrogen and oxygen atoms in total. The number of non-ortho nitro benzene ring substituents is 1. The zero-order valence-corrected chi connectivity index (χ0v) is 24.8. The van der Waals surface area contributed by atoms with E-state index in [4.69, 9.17) is 14.2 Å². The summed E-state index contributed by atoms with van der Waals surface area (Å²) in [5.74, 6) is 2.06. The lowest BCUT2D eigenvalue weighted by Gasteiger charge is -2.18. The van der Waals surface area contributed by atoms with Gasteiger partial charge in [0.15, 0.2) is 16.7 Å². The van der Waals surface area contributed by atoms with E-state index in [9.17, 15) is 20.2 Å². The lowest BCUT2D eigenvalue weighted by molar-refractivity contribution is -0.479. The van der Waals surface area contributed by atoms with Crippen molar-refractivity contribution in [3.8, 4) is 22.9 Å². The molecule has 0 spiro atoms. The highest BCUT2D eigenvalue weighted by Crippen LogP contribution is 2.43. The maximum absolute atomic E-state index is 11.7. The molecular formula is C27H26BrN5O7S. The molecule has 1 heterocycles. The topological polar surface area (TPSA) is 145 Å². The molecule has 1 aromatic heterocycles. The Balaban J connectivity index is 1.62. The third-order valence-corrected chi connectivity index (χ3v) is 7.66. The summed E-state index contributed by atoms with van der Waals surface area (Å²) in [4.78, 5) is 21.9. The van der Waals surface area contributed by atoms with Crippen LogP contribution in [0.5, 0.6) is 17.2 Å². The second-order valence-corrected chi connectivity index (χ2v) is 10.7. The van der Waals surface area contributed by atoms with Crippen molar-refractivity contribution in [2.45, 2.75) is 30.9 Å². The second-order valence-electron chi connectivity index (χ2n) is 8.66. The lowest BCUT2D eigenvalue weighted by atomic mass is 10.1. The van der Waals surface area contributed by atoms with Crippen LogP contribution in [0.25, 0.3) is 5.69 Å². The Kier molecular flexibility index (Phi) is 9.78. The smallest absolute Gasteiger partial charge is 0.269 e. The van der Waals surface area contributed by atoms with E-state index in [0.717, 1.165) is 11.4 Å². The van der Waals surface area contributed by atoms with Gasteiger partial charge in [0.1, 0.15) is 23.4 Å². The minimum atomic E-state index is -0.647. The molecule has 0 fully saturated rings. The van der Waals surface area contributed by atoms with Crippen LogP contribution in [-0.2, 0) is 6.61 Å². The number of thioether (sulfide) groups is 1. The van der Waals surface area contributed by atoms with Crippen molar-refractivity contribution in [3.05, 3.63) is 102 Å². The van der Waals surface area contributed by atoms with Crippen LogP contribution in [0.1, 0.15) is 29.1 Å². The molecule has 0 unspecified atom stereocenters. The molecule has 214 valence electrons. The first kappa shape index (κ1) is 29.8. The van der Waals surface area contributed by atoms with E-state index in [0.29, 0.717) is 44.7 Å². The number of benzene rings is 3. The average Bonchev–Trinajstić information content (AvgIpc) is 3.31. The maximum atomic E-state index is 11.7. The fourth-order valence-corrected chi connectivity index (χ4v) is 5.76. The Morgan fingerprint density at radius 2 is 1.80 bits per heavy atom. The normalized spacial score (nSPS) is 11.6.